The molecule has 3 heteroatoms. The average molecular weight is 286 g/mol. The molecule has 1 aromatic carbocycles. The highest BCUT2D eigenvalue weighted by atomic mass is 79.9. The van der Waals surface area contributed by atoms with Crippen LogP contribution in [0.2, 0.25) is 0 Å². The molecule has 1 fully saturated rings. The molecule has 1 saturated carbocycles. The fraction of sp³-hybridized carbons (Fsp3) is 0.538. The summed E-state index contributed by atoms with van der Waals surface area (Å²) in [5, 5.41) is 3.57. The summed E-state index contributed by atoms with van der Waals surface area (Å²) in [6.07, 6.45) is 4.96. The Kier molecular flexibility index (Phi) is 3.65. The molecule has 1 nitrogen and oxygen atoms in total. The SMILES string of the molecule is CCC1(NCc2cccc(F)c2Br)CCC1. The summed E-state index contributed by atoms with van der Waals surface area (Å²) in [7, 11) is 0. The Morgan fingerprint density at radius 2 is 2.19 bits per heavy atom. The zero-order chi connectivity index (χ0) is 11.6. The second-order valence-electron chi connectivity index (χ2n) is 4.55. The van der Waals surface area contributed by atoms with Crippen LogP contribution < -0.4 is 5.32 Å². The summed E-state index contributed by atoms with van der Waals surface area (Å²) in [6, 6.07) is 5.20. The van der Waals surface area contributed by atoms with Crippen LogP contribution in [0.5, 0.6) is 0 Å². The molecule has 0 unspecified atom stereocenters. The molecule has 0 radical (unpaired) electrons. The molecular formula is C13H17BrFN. The predicted octanol–water partition coefficient (Wildman–Crippen LogP) is 4.01. The maximum Gasteiger partial charge on any atom is 0.137 e. The normalized spacial score (nSPS) is 18.2. The van der Waals surface area contributed by atoms with Crippen molar-refractivity contribution in [2.75, 3.05) is 0 Å². The molecule has 0 spiro atoms. The van der Waals surface area contributed by atoms with Crippen LogP contribution in [0.3, 0.4) is 0 Å². The molecule has 0 heterocycles. The first-order chi connectivity index (χ1) is 7.67. The highest BCUT2D eigenvalue weighted by Crippen LogP contribution is 2.35. The van der Waals surface area contributed by atoms with Crippen molar-refractivity contribution in [3.8, 4) is 0 Å². The lowest BCUT2D eigenvalue weighted by molar-refractivity contribution is 0.175. The van der Waals surface area contributed by atoms with E-state index in [2.05, 4.69) is 28.2 Å². The van der Waals surface area contributed by atoms with E-state index in [1.807, 2.05) is 6.07 Å². The zero-order valence-electron chi connectivity index (χ0n) is 9.52. The monoisotopic (exact) mass is 285 g/mol. The Morgan fingerprint density at radius 3 is 2.75 bits per heavy atom. The van der Waals surface area contributed by atoms with E-state index in [1.165, 1.54) is 25.3 Å². The number of halogens is 2. The van der Waals surface area contributed by atoms with Crippen LogP contribution in [0, 0.1) is 5.82 Å². The summed E-state index contributed by atoms with van der Waals surface area (Å²) in [5.74, 6) is -0.182. The number of hydrogen-bond acceptors (Lipinski definition) is 1. The molecule has 1 aromatic rings. The molecule has 0 aromatic heterocycles. The fourth-order valence-corrected chi connectivity index (χ4v) is 2.63. The minimum absolute atomic E-state index is 0.182. The van der Waals surface area contributed by atoms with E-state index < -0.39 is 0 Å². The van der Waals surface area contributed by atoms with Gasteiger partial charge in [0, 0.05) is 12.1 Å². The van der Waals surface area contributed by atoms with Crippen molar-refractivity contribution in [1.82, 2.24) is 5.32 Å². The fourth-order valence-electron chi connectivity index (χ4n) is 2.23. The minimum Gasteiger partial charge on any atom is -0.307 e. The van der Waals surface area contributed by atoms with Gasteiger partial charge in [0.05, 0.1) is 4.47 Å². The van der Waals surface area contributed by atoms with Crippen molar-refractivity contribution in [2.45, 2.75) is 44.7 Å². The number of nitrogens with one attached hydrogen (secondary N) is 1. The molecule has 2 rings (SSSR count). The van der Waals surface area contributed by atoms with E-state index in [4.69, 9.17) is 0 Å². The average Bonchev–Trinajstić information content (AvgIpc) is 2.23. The molecule has 0 amide bonds. The number of benzene rings is 1. The van der Waals surface area contributed by atoms with Gasteiger partial charge in [0.2, 0.25) is 0 Å². The van der Waals surface area contributed by atoms with Gasteiger partial charge in [-0.05, 0) is 53.2 Å². The highest BCUT2D eigenvalue weighted by Gasteiger charge is 2.34. The Bertz CT molecular complexity index is 369. The van der Waals surface area contributed by atoms with Crippen LogP contribution in [0.4, 0.5) is 4.39 Å². The number of rotatable bonds is 4. The van der Waals surface area contributed by atoms with Gasteiger partial charge < -0.3 is 5.32 Å². The van der Waals surface area contributed by atoms with Crippen LogP contribution >= 0.6 is 15.9 Å². The third-order valence-electron chi connectivity index (χ3n) is 3.67. The van der Waals surface area contributed by atoms with Crippen molar-refractivity contribution in [2.24, 2.45) is 0 Å². The second-order valence-corrected chi connectivity index (χ2v) is 5.35. The molecule has 1 N–H and O–H groups in total. The first kappa shape index (κ1) is 12.1. The third kappa shape index (κ3) is 2.30. The van der Waals surface area contributed by atoms with E-state index in [1.54, 1.807) is 6.07 Å². The molecule has 16 heavy (non-hydrogen) atoms. The quantitative estimate of drug-likeness (QED) is 0.881. The van der Waals surface area contributed by atoms with Crippen LogP contribution in [0.25, 0.3) is 0 Å². The van der Waals surface area contributed by atoms with Crippen LogP contribution in [-0.2, 0) is 6.54 Å². The Balaban J connectivity index is 2.02. The lowest BCUT2D eigenvalue weighted by Gasteiger charge is -2.42. The molecule has 0 aliphatic heterocycles. The summed E-state index contributed by atoms with van der Waals surface area (Å²) >= 11 is 3.29. The van der Waals surface area contributed by atoms with Gasteiger partial charge in [-0.2, -0.15) is 0 Å². The van der Waals surface area contributed by atoms with Gasteiger partial charge in [0.15, 0.2) is 0 Å². The summed E-state index contributed by atoms with van der Waals surface area (Å²) in [6.45, 7) is 2.96. The van der Waals surface area contributed by atoms with Crippen molar-refractivity contribution in [3.63, 3.8) is 0 Å². The minimum atomic E-state index is -0.182. The Labute approximate surface area is 105 Å². The van der Waals surface area contributed by atoms with Gasteiger partial charge in [0.25, 0.3) is 0 Å². The molecule has 1 aliphatic rings. The Hall–Kier alpha value is -0.410. The van der Waals surface area contributed by atoms with E-state index >= 15 is 0 Å². The van der Waals surface area contributed by atoms with Gasteiger partial charge in [-0.3, -0.25) is 0 Å². The van der Waals surface area contributed by atoms with Crippen molar-refractivity contribution >= 4 is 15.9 Å². The predicted molar refractivity (Wildman–Crippen MR) is 67.8 cm³/mol. The topological polar surface area (TPSA) is 12.0 Å². The molecule has 1 aliphatic carbocycles. The smallest absolute Gasteiger partial charge is 0.137 e. The van der Waals surface area contributed by atoms with Crippen LogP contribution in [0.1, 0.15) is 38.2 Å². The molecule has 88 valence electrons. The Morgan fingerprint density at radius 1 is 1.44 bits per heavy atom. The molecule has 0 bridgehead atoms. The second kappa shape index (κ2) is 4.84. The van der Waals surface area contributed by atoms with Crippen molar-refractivity contribution < 1.29 is 4.39 Å². The van der Waals surface area contributed by atoms with Gasteiger partial charge in [-0.25, -0.2) is 4.39 Å². The van der Waals surface area contributed by atoms with Gasteiger partial charge in [0.1, 0.15) is 5.82 Å². The van der Waals surface area contributed by atoms with Gasteiger partial charge in [-0.1, -0.05) is 19.1 Å². The summed E-state index contributed by atoms with van der Waals surface area (Å²) in [4.78, 5) is 0. The molecule has 0 saturated heterocycles. The largest absolute Gasteiger partial charge is 0.307 e. The number of hydrogen-bond donors (Lipinski definition) is 1. The van der Waals surface area contributed by atoms with E-state index in [0.29, 0.717) is 10.0 Å². The maximum atomic E-state index is 13.3. The lowest BCUT2D eigenvalue weighted by Crippen LogP contribution is -2.49. The van der Waals surface area contributed by atoms with Gasteiger partial charge >= 0.3 is 0 Å². The first-order valence-corrected chi connectivity index (χ1v) is 6.64. The van der Waals surface area contributed by atoms with Crippen molar-refractivity contribution in [1.29, 1.82) is 0 Å². The zero-order valence-corrected chi connectivity index (χ0v) is 11.1. The van der Waals surface area contributed by atoms with E-state index in [0.717, 1.165) is 18.5 Å². The standard InChI is InChI=1S/C13H17BrFN/c1-2-13(7-4-8-13)16-9-10-5-3-6-11(15)12(10)14/h3,5-6,16H,2,4,7-9H2,1H3. The van der Waals surface area contributed by atoms with Gasteiger partial charge in [-0.15, -0.1) is 0 Å². The van der Waals surface area contributed by atoms with E-state index in [9.17, 15) is 4.39 Å². The molecular weight excluding hydrogens is 269 g/mol. The molecule has 0 atom stereocenters. The van der Waals surface area contributed by atoms with Crippen molar-refractivity contribution in [3.05, 3.63) is 34.1 Å². The van der Waals surface area contributed by atoms with Crippen LogP contribution in [-0.4, -0.2) is 5.54 Å². The van der Waals surface area contributed by atoms with Crippen LogP contribution in [0.15, 0.2) is 22.7 Å². The highest BCUT2D eigenvalue weighted by molar-refractivity contribution is 9.10. The lowest BCUT2D eigenvalue weighted by atomic mass is 9.75. The summed E-state index contributed by atoms with van der Waals surface area (Å²) in [5.41, 5.74) is 1.31. The summed E-state index contributed by atoms with van der Waals surface area (Å²) < 4.78 is 13.9. The maximum absolute atomic E-state index is 13.3. The van der Waals surface area contributed by atoms with E-state index in [-0.39, 0.29) is 5.82 Å². The third-order valence-corrected chi connectivity index (χ3v) is 4.56. The first-order valence-electron chi connectivity index (χ1n) is 5.85.